The Morgan fingerprint density at radius 3 is 2.68 bits per heavy atom. The first-order valence-corrected chi connectivity index (χ1v) is 11.3. The molecule has 0 aromatic carbocycles. The lowest BCUT2D eigenvalue weighted by atomic mass is 9.46. The van der Waals surface area contributed by atoms with Crippen LogP contribution in [0.2, 0.25) is 0 Å². The Morgan fingerprint density at radius 2 is 1.96 bits per heavy atom. The number of rotatable bonds is 3. The Morgan fingerprint density at radius 1 is 1.14 bits per heavy atom. The molecule has 0 radical (unpaired) electrons. The Balaban J connectivity index is 1.47. The van der Waals surface area contributed by atoms with Gasteiger partial charge in [-0.1, -0.05) is 6.92 Å². The predicted molar refractivity (Wildman–Crippen MR) is 99.5 cm³/mol. The minimum atomic E-state index is -0.769. The number of nitrogens with zero attached hydrogens (tertiary/aromatic N) is 1. The molecule has 5 saturated carbocycles. The van der Waals surface area contributed by atoms with E-state index < -0.39 is 5.60 Å². The lowest BCUT2D eigenvalue weighted by molar-refractivity contribution is -0.254. The Labute approximate surface area is 166 Å². The molecule has 7 rings (SSSR count). The quantitative estimate of drug-likeness (QED) is 0.688. The fraction of sp³-hybridized carbons (Fsp3) is 1.00. The van der Waals surface area contributed by atoms with Crippen LogP contribution < -0.4 is 0 Å². The van der Waals surface area contributed by atoms with Crippen molar-refractivity contribution in [2.75, 3.05) is 27.3 Å². The summed E-state index contributed by atoms with van der Waals surface area (Å²) in [6, 6.07) is 0.256. The molecule has 7 fully saturated rings. The van der Waals surface area contributed by atoms with Gasteiger partial charge in [-0.25, -0.2) is 0 Å². The maximum absolute atomic E-state index is 12.3. The van der Waals surface area contributed by atoms with E-state index >= 15 is 0 Å². The van der Waals surface area contributed by atoms with Crippen molar-refractivity contribution in [2.24, 2.45) is 35.0 Å². The molecule has 0 unspecified atom stereocenters. The van der Waals surface area contributed by atoms with Crippen molar-refractivity contribution in [2.45, 2.75) is 74.3 Å². The van der Waals surface area contributed by atoms with Gasteiger partial charge in [-0.2, -0.15) is 0 Å². The lowest BCUT2D eigenvalue weighted by Gasteiger charge is -2.65. The van der Waals surface area contributed by atoms with E-state index in [2.05, 4.69) is 11.8 Å². The number of aliphatic hydroxyl groups is 2. The van der Waals surface area contributed by atoms with Crippen LogP contribution in [0.5, 0.6) is 0 Å². The second kappa shape index (κ2) is 4.97. The summed E-state index contributed by atoms with van der Waals surface area (Å²) in [5.41, 5.74) is -0.997. The largest absolute Gasteiger partial charge is 0.392 e. The maximum Gasteiger partial charge on any atom is 0.111 e. The van der Waals surface area contributed by atoms with E-state index in [4.69, 9.17) is 14.2 Å². The van der Waals surface area contributed by atoms with Gasteiger partial charge in [0.05, 0.1) is 30.0 Å². The summed E-state index contributed by atoms with van der Waals surface area (Å²) in [5, 5.41) is 24.0. The molecule has 13 atom stereocenters. The van der Waals surface area contributed by atoms with Crippen molar-refractivity contribution in [1.29, 1.82) is 0 Å². The fourth-order valence-electron chi connectivity index (χ4n) is 10.3. The van der Waals surface area contributed by atoms with Crippen LogP contribution >= 0.6 is 0 Å². The molecule has 2 N–H and O–H groups in total. The number of hydrogen-bond donors (Lipinski definition) is 2. The van der Waals surface area contributed by atoms with E-state index in [0.717, 1.165) is 32.4 Å². The van der Waals surface area contributed by atoms with Gasteiger partial charge in [-0.15, -0.1) is 0 Å². The van der Waals surface area contributed by atoms with Gasteiger partial charge in [-0.3, -0.25) is 4.90 Å². The van der Waals surface area contributed by atoms with E-state index in [1.807, 2.05) is 0 Å². The predicted octanol–water partition coefficient (Wildman–Crippen LogP) is 0.646. The normalized spacial score (nSPS) is 68.0. The first-order valence-electron chi connectivity index (χ1n) is 11.3. The molecule has 156 valence electrons. The molecule has 6 nitrogen and oxygen atoms in total. The van der Waals surface area contributed by atoms with Gasteiger partial charge in [0.1, 0.15) is 5.60 Å². The summed E-state index contributed by atoms with van der Waals surface area (Å²) in [4.78, 5) is 2.57. The van der Waals surface area contributed by atoms with Crippen molar-refractivity contribution in [3.63, 3.8) is 0 Å². The number of likely N-dealkylation sites (N-methyl/N-ethyl adjacent to an activating group) is 1. The van der Waals surface area contributed by atoms with E-state index in [0.29, 0.717) is 18.3 Å². The first kappa shape index (κ1) is 17.4. The molecule has 0 amide bonds. The standard InChI is InChI=1S/C22H33NO5/c1-4-23-9-21-14-6-12-19(23)22(14,15(24)7-16(21)28-21)11-5-10-13(26-2)8-20(12,25)17(11)18(10)27-3/h10-19,24-25H,4-9H2,1-3H3/t10-,11-,12+,13+,14-,15+,16-,17-,18+,19-,20+,21-,22-/m1/s1. The minimum absolute atomic E-state index is 0.0308. The Kier molecular flexibility index (Phi) is 3.10. The van der Waals surface area contributed by atoms with E-state index in [1.165, 1.54) is 0 Å². The number of hydrogen-bond acceptors (Lipinski definition) is 6. The highest BCUT2D eigenvalue weighted by atomic mass is 16.6. The molecular weight excluding hydrogens is 358 g/mol. The number of ether oxygens (including phenoxy) is 3. The summed E-state index contributed by atoms with van der Waals surface area (Å²) >= 11 is 0. The van der Waals surface area contributed by atoms with Gasteiger partial charge in [0.15, 0.2) is 0 Å². The Bertz CT molecular complexity index is 734. The van der Waals surface area contributed by atoms with Crippen molar-refractivity contribution in [3.05, 3.63) is 0 Å². The number of epoxide rings is 1. The van der Waals surface area contributed by atoms with E-state index in [-0.39, 0.29) is 59.2 Å². The van der Waals surface area contributed by atoms with E-state index in [9.17, 15) is 10.2 Å². The molecule has 2 heterocycles. The number of aliphatic hydroxyl groups excluding tert-OH is 1. The smallest absolute Gasteiger partial charge is 0.111 e. The molecular formula is C22H33NO5. The SMILES string of the molecule is CCN1C[C@]23O[C@@H]2C[C@H](O)[C@@]24[C@@H]5C[C@H]6[C@H](OC)[C@@H]5[C@](O)(C[C@@H]6OC)[C@@H](C[C@H]32)[C@@H]14. The summed E-state index contributed by atoms with van der Waals surface area (Å²) in [6.07, 6.45) is 3.41. The molecule has 28 heavy (non-hydrogen) atoms. The average molecular weight is 392 g/mol. The number of methoxy groups -OCH3 is 2. The zero-order chi connectivity index (χ0) is 19.2. The maximum atomic E-state index is 12.3. The van der Waals surface area contributed by atoms with Gasteiger partial charge in [0, 0.05) is 68.7 Å². The van der Waals surface area contributed by atoms with Crippen LogP contribution in [0.1, 0.15) is 32.6 Å². The third-order valence-corrected chi connectivity index (χ3v) is 10.9. The second-order valence-corrected chi connectivity index (χ2v) is 10.9. The molecule has 0 aromatic rings. The van der Waals surface area contributed by atoms with Crippen molar-refractivity contribution >= 4 is 0 Å². The van der Waals surface area contributed by atoms with Crippen molar-refractivity contribution in [1.82, 2.24) is 4.90 Å². The van der Waals surface area contributed by atoms with Gasteiger partial charge < -0.3 is 24.4 Å². The number of likely N-dealkylation sites (tertiary alicyclic amines) is 1. The van der Waals surface area contributed by atoms with Crippen LogP contribution in [0.3, 0.4) is 0 Å². The highest BCUT2D eigenvalue weighted by molar-refractivity contribution is 5.37. The van der Waals surface area contributed by atoms with Gasteiger partial charge in [0.25, 0.3) is 0 Å². The number of fused-ring (bicyclic) bond motifs is 2. The third kappa shape index (κ3) is 1.50. The molecule has 2 aliphatic heterocycles. The summed E-state index contributed by atoms with van der Waals surface area (Å²) in [5.74, 6) is 1.26. The zero-order valence-electron chi connectivity index (χ0n) is 17.1. The van der Waals surface area contributed by atoms with Crippen LogP contribution in [0.15, 0.2) is 0 Å². The zero-order valence-corrected chi connectivity index (χ0v) is 17.1. The third-order valence-electron chi connectivity index (χ3n) is 10.9. The van der Waals surface area contributed by atoms with Crippen molar-refractivity contribution < 1.29 is 24.4 Å². The van der Waals surface area contributed by atoms with Crippen LogP contribution in [0.25, 0.3) is 0 Å². The van der Waals surface area contributed by atoms with Crippen LogP contribution in [0, 0.1) is 35.0 Å². The topological polar surface area (TPSA) is 74.7 Å². The summed E-state index contributed by atoms with van der Waals surface area (Å²) < 4.78 is 18.4. The van der Waals surface area contributed by atoms with E-state index in [1.54, 1.807) is 14.2 Å². The Hall–Kier alpha value is -0.240. The lowest BCUT2D eigenvalue weighted by Crippen LogP contribution is -2.75. The molecule has 7 aliphatic rings. The molecule has 6 heteroatoms. The summed E-state index contributed by atoms with van der Waals surface area (Å²) in [7, 11) is 3.58. The van der Waals surface area contributed by atoms with Gasteiger partial charge in [-0.05, 0) is 25.3 Å². The molecule has 5 aliphatic carbocycles. The second-order valence-electron chi connectivity index (χ2n) is 10.9. The highest BCUT2D eigenvalue weighted by Gasteiger charge is 2.88. The molecule has 7 bridgehead atoms. The molecule has 2 spiro atoms. The summed E-state index contributed by atoms with van der Waals surface area (Å²) in [6.45, 7) is 4.16. The molecule has 2 saturated heterocycles. The van der Waals surface area contributed by atoms with Crippen LogP contribution in [-0.2, 0) is 14.2 Å². The number of piperidine rings is 1. The van der Waals surface area contributed by atoms with Crippen LogP contribution in [-0.4, -0.2) is 84.1 Å². The monoisotopic (exact) mass is 391 g/mol. The first-order chi connectivity index (χ1) is 13.5. The average Bonchev–Trinajstić information content (AvgIpc) is 3.14. The van der Waals surface area contributed by atoms with Gasteiger partial charge >= 0.3 is 0 Å². The van der Waals surface area contributed by atoms with Gasteiger partial charge in [0.2, 0.25) is 0 Å². The minimum Gasteiger partial charge on any atom is -0.392 e. The van der Waals surface area contributed by atoms with Crippen molar-refractivity contribution in [3.8, 4) is 0 Å². The molecule has 0 aromatic heterocycles. The highest BCUT2D eigenvalue weighted by Crippen LogP contribution is 2.80. The fourth-order valence-corrected chi connectivity index (χ4v) is 10.3. The van der Waals surface area contributed by atoms with Crippen LogP contribution in [0.4, 0.5) is 0 Å².